The third kappa shape index (κ3) is 2.59. The lowest BCUT2D eigenvalue weighted by Crippen LogP contribution is -2.27. The zero-order chi connectivity index (χ0) is 14.8. The first kappa shape index (κ1) is 13.5. The molecule has 1 amide bonds. The fourth-order valence-electron chi connectivity index (χ4n) is 2.84. The maximum Gasteiger partial charge on any atom is 0.305 e. The Kier molecular flexibility index (Phi) is 3.56. The first-order valence-electron chi connectivity index (χ1n) is 7.07. The van der Waals surface area contributed by atoms with Gasteiger partial charge in [-0.15, -0.1) is 0 Å². The quantitative estimate of drug-likeness (QED) is 0.899. The minimum Gasteiger partial charge on any atom is -0.481 e. The summed E-state index contributed by atoms with van der Waals surface area (Å²) in [6, 6.07) is 7.59. The highest BCUT2D eigenvalue weighted by Crippen LogP contribution is 2.29. The molecule has 1 heterocycles. The van der Waals surface area contributed by atoms with Gasteiger partial charge in [-0.25, -0.2) is 0 Å². The van der Waals surface area contributed by atoms with Crippen LogP contribution in [0.25, 0.3) is 10.9 Å². The summed E-state index contributed by atoms with van der Waals surface area (Å²) < 4.78 is 0. The van der Waals surface area contributed by atoms with Gasteiger partial charge in [0.15, 0.2) is 0 Å². The number of rotatable bonds is 4. The molecule has 108 valence electrons. The first-order valence-corrected chi connectivity index (χ1v) is 7.07. The van der Waals surface area contributed by atoms with Crippen molar-refractivity contribution in [2.75, 3.05) is 6.54 Å². The summed E-state index contributed by atoms with van der Waals surface area (Å²) in [5, 5.41) is 12.2. The molecule has 0 unspecified atom stereocenters. The van der Waals surface area contributed by atoms with Crippen LogP contribution in [0.1, 0.15) is 34.5 Å². The van der Waals surface area contributed by atoms with Crippen molar-refractivity contribution in [1.82, 2.24) is 10.3 Å². The molecule has 0 saturated carbocycles. The number of aromatic nitrogens is 1. The van der Waals surface area contributed by atoms with Gasteiger partial charge in [-0.2, -0.15) is 0 Å². The Balaban J connectivity index is 2.00. The predicted molar refractivity (Wildman–Crippen MR) is 78.4 cm³/mol. The summed E-state index contributed by atoms with van der Waals surface area (Å²) in [5.41, 5.74) is 3.50. The van der Waals surface area contributed by atoms with Gasteiger partial charge >= 0.3 is 5.97 Å². The Morgan fingerprint density at radius 1 is 1.24 bits per heavy atom. The zero-order valence-corrected chi connectivity index (χ0v) is 11.6. The fourth-order valence-corrected chi connectivity index (χ4v) is 2.84. The molecule has 0 bridgehead atoms. The number of nitrogens with one attached hydrogen (secondary N) is 1. The van der Waals surface area contributed by atoms with E-state index in [9.17, 15) is 9.59 Å². The number of para-hydroxylation sites is 1. The minimum absolute atomic E-state index is 0.0725. The fraction of sp³-hybridized carbons (Fsp3) is 0.312. The smallest absolute Gasteiger partial charge is 0.305 e. The van der Waals surface area contributed by atoms with Crippen LogP contribution in [0.4, 0.5) is 0 Å². The highest BCUT2D eigenvalue weighted by Gasteiger charge is 2.23. The van der Waals surface area contributed by atoms with Gasteiger partial charge in [-0.3, -0.25) is 14.6 Å². The Hall–Kier alpha value is -2.43. The summed E-state index contributed by atoms with van der Waals surface area (Å²) in [6.45, 7) is 0.138. The average molecular weight is 284 g/mol. The van der Waals surface area contributed by atoms with Gasteiger partial charge in [-0.1, -0.05) is 18.2 Å². The maximum absolute atomic E-state index is 12.5. The highest BCUT2D eigenvalue weighted by molar-refractivity contribution is 6.07. The molecule has 1 aliphatic rings. The second kappa shape index (κ2) is 5.52. The second-order valence-corrected chi connectivity index (χ2v) is 5.18. The number of carboxylic acids is 1. The highest BCUT2D eigenvalue weighted by atomic mass is 16.4. The molecule has 0 aliphatic heterocycles. The van der Waals surface area contributed by atoms with Gasteiger partial charge in [0.1, 0.15) is 0 Å². The van der Waals surface area contributed by atoms with E-state index in [0.717, 1.165) is 41.4 Å². The summed E-state index contributed by atoms with van der Waals surface area (Å²) in [6.07, 6.45) is 2.69. The van der Waals surface area contributed by atoms with Crippen molar-refractivity contribution in [3.63, 3.8) is 0 Å². The van der Waals surface area contributed by atoms with Crippen molar-refractivity contribution in [3.05, 3.63) is 41.1 Å². The number of hydrogen-bond acceptors (Lipinski definition) is 3. The molecule has 0 saturated heterocycles. The molecule has 0 radical (unpaired) electrons. The van der Waals surface area contributed by atoms with E-state index in [4.69, 9.17) is 5.11 Å². The van der Waals surface area contributed by atoms with Crippen LogP contribution in [0.2, 0.25) is 0 Å². The summed E-state index contributed by atoms with van der Waals surface area (Å²) in [7, 11) is 0. The SMILES string of the molecule is O=C(O)CCNC(=O)c1c2c(nc3ccccc13)CCC2. The van der Waals surface area contributed by atoms with Crippen LogP contribution in [0, 0.1) is 0 Å². The Bertz CT molecular complexity index is 725. The largest absolute Gasteiger partial charge is 0.481 e. The number of hydrogen-bond donors (Lipinski definition) is 2. The van der Waals surface area contributed by atoms with E-state index in [0.29, 0.717) is 5.56 Å². The van der Waals surface area contributed by atoms with Gasteiger partial charge in [0.2, 0.25) is 0 Å². The molecule has 0 fully saturated rings. The Morgan fingerprint density at radius 3 is 2.86 bits per heavy atom. The second-order valence-electron chi connectivity index (χ2n) is 5.18. The van der Waals surface area contributed by atoms with Crippen LogP contribution in [-0.4, -0.2) is 28.5 Å². The van der Waals surface area contributed by atoms with Gasteiger partial charge in [0.05, 0.1) is 17.5 Å². The number of amides is 1. The standard InChI is InChI=1S/C16H16N2O3/c19-14(20)8-9-17-16(21)15-10-4-1-2-6-12(10)18-13-7-3-5-11(13)15/h1-2,4,6H,3,5,7-9H2,(H,17,21)(H,19,20). The minimum atomic E-state index is -0.917. The lowest BCUT2D eigenvalue weighted by molar-refractivity contribution is -0.136. The predicted octanol–water partition coefficient (Wildman–Crippen LogP) is 1.93. The number of carboxylic acid groups (broad SMARTS) is 1. The Morgan fingerprint density at radius 2 is 2.05 bits per heavy atom. The van der Waals surface area contributed by atoms with Crippen molar-refractivity contribution in [2.24, 2.45) is 0 Å². The molecule has 1 aromatic heterocycles. The number of aliphatic carboxylic acids is 1. The zero-order valence-electron chi connectivity index (χ0n) is 11.6. The normalized spacial score (nSPS) is 13.1. The van der Waals surface area contributed by atoms with Crippen molar-refractivity contribution in [3.8, 4) is 0 Å². The van der Waals surface area contributed by atoms with E-state index in [2.05, 4.69) is 10.3 Å². The lowest BCUT2D eigenvalue weighted by atomic mass is 10.0. The van der Waals surface area contributed by atoms with E-state index in [1.54, 1.807) is 0 Å². The Labute approximate surface area is 122 Å². The molecule has 21 heavy (non-hydrogen) atoms. The molecule has 0 spiro atoms. The van der Waals surface area contributed by atoms with E-state index in [-0.39, 0.29) is 18.9 Å². The molecule has 2 N–H and O–H groups in total. The molecule has 1 aliphatic carbocycles. The molecule has 3 rings (SSSR count). The van der Waals surface area contributed by atoms with E-state index < -0.39 is 5.97 Å². The van der Waals surface area contributed by atoms with E-state index in [1.165, 1.54) is 0 Å². The maximum atomic E-state index is 12.5. The van der Waals surface area contributed by atoms with Crippen LogP contribution in [0.3, 0.4) is 0 Å². The van der Waals surface area contributed by atoms with Crippen LogP contribution in [0.15, 0.2) is 24.3 Å². The van der Waals surface area contributed by atoms with Gasteiger partial charge in [0.25, 0.3) is 5.91 Å². The molecular weight excluding hydrogens is 268 g/mol. The summed E-state index contributed by atoms with van der Waals surface area (Å²) in [5.74, 6) is -1.12. The van der Waals surface area contributed by atoms with E-state index in [1.807, 2.05) is 24.3 Å². The molecular formula is C16H16N2O3. The molecule has 5 nitrogen and oxygen atoms in total. The molecule has 5 heteroatoms. The number of carbonyl (C=O) groups excluding carboxylic acids is 1. The number of fused-ring (bicyclic) bond motifs is 2. The molecule has 0 atom stereocenters. The van der Waals surface area contributed by atoms with Crippen molar-refractivity contribution in [1.29, 1.82) is 0 Å². The monoisotopic (exact) mass is 284 g/mol. The number of nitrogens with zero attached hydrogens (tertiary/aromatic N) is 1. The summed E-state index contributed by atoms with van der Waals surface area (Å²) >= 11 is 0. The number of aryl methyl sites for hydroxylation is 1. The van der Waals surface area contributed by atoms with Crippen LogP contribution in [0.5, 0.6) is 0 Å². The van der Waals surface area contributed by atoms with Gasteiger partial charge in [-0.05, 0) is 30.9 Å². The third-order valence-electron chi connectivity index (χ3n) is 3.77. The number of benzene rings is 1. The number of pyridine rings is 1. The topological polar surface area (TPSA) is 79.3 Å². The first-order chi connectivity index (χ1) is 10.2. The van der Waals surface area contributed by atoms with Gasteiger partial charge in [0, 0.05) is 17.6 Å². The van der Waals surface area contributed by atoms with E-state index >= 15 is 0 Å². The van der Waals surface area contributed by atoms with Crippen molar-refractivity contribution < 1.29 is 14.7 Å². The molecule has 2 aromatic rings. The van der Waals surface area contributed by atoms with Crippen LogP contribution < -0.4 is 5.32 Å². The van der Waals surface area contributed by atoms with Gasteiger partial charge < -0.3 is 10.4 Å². The summed E-state index contributed by atoms with van der Waals surface area (Å²) in [4.78, 5) is 27.7. The van der Waals surface area contributed by atoms with Crippen molar-refractivity contribution >= 4 is 22.8 Å². The van der Waals surface area contributed by atoms with Crippen LogP contribution in [-0.2, 0) is 17.6 Å². The molecule has 1 aromatic carbocycles. The third-order valence-corrected chi connectivity index (χ3v) is 3.77. The van der Waals surface area contributed by atoms with Crippen LogP contribution >= 0.6 is 0 Å². The number of carbonyl (C=O) groups is 2. The average Bonchev–Trinajstić information content (AvgIpc) is 2.91. The van der Waals surface area contributed by atoms with Crippen molar-refractivity contribution in [2.45, 2.75) is 25.7 Å². The lowest BCUT2D eigenvalue weighted by Gasteiger charge is -2.12.